The molecule has 0 unspecified atom stereocenters. The van der Waals surface area contributed by atoms with E-state index in [2.05, 4.69) is 20.3 Å². The molecule has 0 bridgehead atoms. The Hall–Kier alpha value is -3.35. The van der Waals surface area contributed by atoms with Crippen LogP contribution in [0.15, 0.2) is 47.8 Å². The van der Waals surface area contributed by atoms with E-state index < -0.39 is 5.91 Å². The lowest BCUT2D eigenvalue weighted by atomic mass is 10.1. The predicted octanol–water partition coefficient (Wildman–Crippen LogP) is 2.26. The molecule has 3 heterocycles. The molecule has 132 valence electrons. The lowest BCUT2D eigenvalue weighted by Crippen LogP contribution is -2.30. The molecule has 0 aliphatic rings. The SMILES string of the molecule is Cc1cnc(Cn2ccc(C)c(C(=O)Nc3ccnc(C)c3)c2=O)cn1. The van der Waals surface area contributed by atoms with Gasteiger partial charge in [0.25, 0.3) is 11.5 Å². The van der Waals surface area contributed by atoms with Crippen molar-refractivity contribution in [2.75, 3.05) is 5.32 Å². The molecule has 3 aromatic rings. The van der Waals surface area contributed by atoms with E-state index in [-0.39, 0.29) is 17.7 Å². The average Bonchev–Trinajstić information content (AvgIpc) is 2.59. The van der Waals surface area contributed by atoms with Crippen molar-refractivity contribution >= 4 is 11.6 Å². The van der Waals surface area contributed by atoms with Crippen molar-refractivity contribution in [3.63, 3.8) is 0 Å². The first-order valence-electron chi connectivity index (χ1n) is 8.15. The number of carbonyl (C=O) groups is 1. The fourth-order valence-corrected chi connectivity index (χ4v) is 2.56. The van der Waals surface area contributed by atoms with Crippen molar-refractivity contribution < 1.29 is 4.79 Å². The molecule has 0 aliphatic carbocycles. The Balaban J connectivity index is 1.90. The van der Waals surface area contributed by atoms with Crippen molar-refractivity contribution in [3.8, 4) is 0 Å². The van der Waals surface area contributed by atoms with Gasteiger partial charge in [0, 0.05) is 30.0 Å². The van der Waals surface area contributed by atoms with Crippen LogP contribution in [0.3, 0.4) is 0 Å². The van der Waals surface area contributed by atoms with Crippen molar-refractivity contribution in [1.82, 2.24) is 19.5 Å². The van der Waals surface area contributed by atoms with Crippen LogP contribution in [0.4, 0.5) is 5.69 Å². The highest BCUT2D eigenvalue weighted by Gasteiger charge is 2.16. The van der Waals surface area contributed by atoms with Crippen LogP contribution < -0.4 is 10.9 Å². The van der Waals surface area contributed by atoms with Crippen LogP contribution in [0.25, 0.3) is 0 Å². The summed E-state index contributed by atoms with van der Waals surface area (Å²) in [4.78, 5) is 38.0. The van der Waals surface area contributed by atoms with Crippen molar-refractivity contribution in [2.45, 2.75) is 27.3 Å². The smallest absolute Gasteiger partial charge is 0.264 e. The monoisotopic (exact) mass is 349 g/mol. The van der Waals surface area contributed by atoms with Gasteiger partial charge in [0.1, 0.15) is 5.56 Å². The Kier molecular flexibility index (Phi) is 4.88. The number of aromatic nitrogens is 4. The van der Waals surface area contributed by atoms with Gasteiger partial charge in [0.15, 0.2) is 0 Å². The Morgan fingerprint density at radius 1 is 1.08 bits per heavy atom. The highest BCUT2D eigenvalue weighted by atomic mass is 16.2. The first-order chi connectivity index (χ1) is 12.4. The number of hydrogen-bond donors (Lipinski definition) is 1. The molecule has 0 atom stereocenters. The second kappa shape index (κ2) is 7.26. The Labute approximate surface area is 150 Å². The molecule has 0 spiro atoms. The number of rotatable bonds is 4. The first kappa shape index (κ1) is 17.5. The lowest BCUT2D eigenvalue weighted by Gasteiger charge is -2.11. The molecule has 26 heavy (non-hydrogen) atoms. The number of nitrogens with zero attached hydrogens (tertiary/aromatic N) is 4. The fraction of sp³-hybridized carbons (Fsp3) is 0.211. The number of hydrogen-bond acceptors (Lipinski definition) is 5. The maximum Gasteiger partial charge on any atom is 0.264 e. The summed E-state index contributed by atoms with van der Waals surface area (Å²) in [6, 6.07) is 5.18. The maximum absolute atomic E-state index is 12.8. The van der Waals surface area contributed by atoms with E-state index in [9.17, 15) is 9.59 Å². The summed E-state index contributed by atoms with van der Waals surface area (Å²) in [5.41, 5.74) is 3.20. The van der Waals surface area contributed by atoms with Gasteiger partial charge in [-0.2, -0.15) is 0 Å². The van der Waals surface area contributed by atoms with Gasteiger partial charge in [-0.25, -0.2) is 0 Å². The molecule has 0 saturated carbocycles. The largest absolute Gasteiger partial charge is 0.322 e. The van der Waals surface area contributed by atoms with Gasteiger partial charge in [-0.15, -0.1) is 0 Å². The number of aryl methyl sites for hydroxylation is 3. The average molecular weight is 349 g/mol. The van der Waals surface area contributed by atoms with E-state index in [0.717, 1.165) is 11.4 Å². The predicted molar refractivity (Wildman–Crippen MR) is 98.2 cm³/mol. The van der Waals surface area contributed by atoms with Gasteiger partial charge < -0.3 is 9.88 Å². The minimum absolute atomic E-state index is 0.113. The van der Waals surface area contributed by atoms with Gasteiger partial charge in [-0.05, 0) is 44.5 Å². The molecule has 1 amide bonds. The lowest BCUT2D eigenvalue weighted by molar-refractivity contribution is 0.102. The van der Waals surface area contributed by atoms with Gasteiger partial charge in [0.05, 0.1) is 24.1 Å². The summed E-state index contributed by atoms with van der Waals surface area (Å²) in [5.74, 6) is -0.442. The summed E-state index contributed by atoms with van der Waals surface area (Å²) in [6.45, 7) is 5.67. The highest BCUT2D eigenvalue weighted by molar-refractivity contribution is 6.05. The summed E-state index contributed by atoms with van der Waals surface area (Å²) < 4.78 is 1.46. The molecule has 1 N–H and O–H groups in total. The zero-order valence-corrected chi connectivity index (χ0v) is 14.9. The number of anilines is 1. The summed E-state index contributed by atoms with van der Waals surface area (Å²) in [7, 11) is 0. The Morgan fingerprint density at radius 3 is 2.58 bits per heavy atom. The Bertz CT molecular complexity index is 1010. The summed E-state index contributed by atoms with van der Waals surface area (Å²) in [5, 5.41) is 2.76. The number of amides is 1. The molecular weight excluding hydrogens is 330 g/mol. The van der Waals surface area contributed by atoms with Gasteiger partial charge >= 0.3 is 0 Å². The van der Waals surface area contributed by atoms with E-state index in [1.165, 1.54) is 4.57 Å². The quantitative estimate of drug-likeness (QED) is 0.780. The molecule has 0 aromatic carbocycles. The maximum atomic E-state index is 12.8. The minimum Gasteiger partial charge on any atom is -0.322 e. The molecule has 0 fully saturated rings. The van der Waals surface area contributed by atoms with E-state index in [4.69, 9.17) is 0 Å². The van der Waals surface area contributed by atoms with Gasteiger partial charge in [-0.3, -0.25) is 24.5 Å². The molecule has 7 nitrogen and oxygen atoms in total. The Morgan fingerprint density at radius 2 is 1.88 bits per heavy atom. The van der Waals surface area contributed by atoms with E-state index >= 15 is 0 Å². The minimum atomic E-state index is -0.442. The molecular formula is C19H19N5O2. The van der Waals surface area contributed by atoms with Crippen molar-refractivity contribution in [3.05, 3.63) is 81.5 Å². The third-order valence-electron chi connectivity index (χ3n) is 3.92. The normalized spacial score (nSPS) is 10.6. The molecule has 0 aliphatic heterocycles. The van der Waals surface area contributed by atoms with Crippen LogP contribution in [-0.2, 0) is 6.54 Å². The van der Waals surface area contributed by atoms with Crippen LogP contribution in [0.2, 0.25) is 0 Å². The third-order valence-corrected chi connectivity index (χ3v) is 3.92. The summed E-state index contributed by atoms with van der Waals surface area (Å²) in [6.07, 6.45) is 6.54. The van der Waals surface area contributed by atoms with Gasteiger partial charge in [-0.1, -0.05) is 0 Å². The molecule has 3 rings (SSSR count). The fourth-order valence-electron chi connectivity index (χ4n) is 2.56. The molecule has 7 heteroatoms. The zero-order valence-electron chi connectivity index (χ0n) is 14.9. The zero-order chi connectivity index (χ0) is 18.7. The third kappa shape index (κ3) is 3.83. The van der Waals surface area contributed by atoms with Crippen LogP contribution >= 0.6 is 0 Å². The molecule has 3 aromatic heterocycles. The highest BCUT2D eigenvalue weighted by Crippen LogP contribution is 2.11. The molecule has 0 saturated heterocycles. The van der Waals surface area contributed by atoms with Crippen molar-refractivity contribution in [2.24, 2.45) is 0 Å². The van der Waals surface area contributed by atoms with Crippen LogP contribution in [0, 0.1) is 20.8 Å². The van der Waals surface area contributed by atoms with Crippen LogP contribution in [0.5, 0.6) is 0 Å². The topological polar surface area (TPSA) is 89.8 Å². The van der Waals surface area contributed by atoms with E-state index in [0.29, 0.717) is 16.9 Å². The second-order valence-electron chi connectivity index (χ2n) is 6.10. The summed E-state index contributed by atoms with van der Waals surface area (Å²) >= 11 is 0. The standard InChI is InChI=1S/C19H19N5O2/c1-12-5-7-24(11-16-10-21-14(3)9-22-16)19(26)17(12)18(25)23-15-4-6-20-13(2)8-15/h4-10H,11H2,1-3H3,(H,20,23,25). The first-order valence-corrected chi connectivity index (χ1v) is 8.15. The van der Waals surface area contributed by atoms with Crippen molar-refractivity contribution in [1.29, 1.82) is 0 Å². The van der Waals surface area contributed by atoms with E-state index in [1.807, 2.05) is 13.8 Å². The number of carbonyl (C=O) groups excluding carboxylic acids is 1. The van der Waals surface area contributed by atoms with E-state index in [1.54, 1.807) is 49.9 Å². The van der Waals surface area contributed by atoms with Crippen LogP contribution in [0.1, 0.15) is 33.0 Å². The van der Waals surface area contributed by atoms with Crippen LogP contribution in [-0.4, -0.2) is 25.4 Å². The second-order valence-corrected chi connectivity index (χ2v) is 6.10. The number of nitrogens with one attached hydrogen (secondary N) is 1. The molecule has 0 radical (unpaired) electrons. The van der Waals surface area contributed by atoms with Gasteiger partial charge in [0.2, 0.25) is 0 Å². The number of pyridine rings is 2.